The van der Waals surface area contributed by atoms with E-state index in [0.717, 1.165) is 101 Å². The number of nitriles is 2. The van der Waals surface area contributed by atoms with E-state index >= 15 is 0 Å². The predicted molar refractivity (Wildman–Crippen MR) is 437 cm³/mol. The van der Waals surface area contributed by atoms with E-state index in [2.05, 4.69) is 121 Å². The Bertz CT molecular complexity index is 4720. The quantitative estimate of drug-likeness (QED) is 0.0453. The third-order valence-electron chi connectivity index (χ3n) is 14.4. The third-order valence-corrected chi connectivity index (χ3v) is 14.9. The molecule has 0 unspecified atom stereocenters. The Balaban J connectivity index is 0.000000358. The van der Waals surface area contributed by atoms with Crippen molar-refractivity contribution in [3.8, 4) is 102 Å². The monoisotopic (exact) mass is 1880 g/mol. The Morgan fingerprint density at radius 1 is 0.296 bits per heavy atom. The summed E-state index contributed by atoms with van der Waals surface area (Å²) in [5.74, 6) is 0. The average molecular weight is 1880 g/mol. The second-order valence-electron chi connectivity index (χ2n) is 22.6. The normalized spacial score (nSPS) is 11.6. The minimum Gasteiger partial charge on any atom is 1.00 e. The Morgan fingerprint density at radius 3 is 0.591 bits per heavy atom. The molecule has 0 saturated heterocycles. The van der Waals surface area contributed by atoms with Crippen molar-refractivity contribution >= 4 is 108 Å². The average Bonchev–Trinajstić information content (AvgIpc) is 1.48. The van der Waals surface area contributed by atoms with Crippen molar-refractivity contribution in [2.24, 2.45) is 0 Å². The van der Waals surface area contributed by atoms with Crippen LogP contribution in [0.5, 0.6) is 0 Å². The van der Waals surface area contributed by atoms with Gasteiger partial charge in [0, 0.05) is 58.5 Å². The molecular weight excluding hydrogens is 1820 g/mol. The molecule has 0 aliphatic carbocycles. The fourth-order valence-electron chi connectivity index (χ4n) is 10.5. The van der Waals surface area contributed by atoms with E-state index in [1.54, 1.807) is 36.7 Å². The minimum absolute atomic E-state index is 0. The van der Waals surface area contributed by atoms with Crippen LogP contribution in [0, 0.1) is 22.7 Å². The van der Waals surface area contributed by atoms with Gasteiger partial charge in [-0.3, -0.25) is 9.97 Å². The number of hydrogen-bond donors (Lipinski definition) is 0. The van der Waals surface area contributed by atoms with Gasteiger partial charge in [-0.2, -0.15) is 30.9 Å². The van der Waals surface area contributed by atoms with Gasteiger partial charge in [0.1, 0.15) is 0 Å². The largest absolute Gasteiger partial charge is 1.00 e. The van der Waals surface area contributed by atoms with E-state index in [-0.39, 0.29) is 50.2 Å². The number of aromatic nitrogens is 10. The molecule has 0 N–H and O–H groups in total. The molecule has 14 aromatic rings. The first-order valence-electron chi connectivity index (χ1n) is 32.6. The van der Waals surface area contributed by atoms with Crippen LogP contribution >= 0.6 is 108 Å². The Kier molecular flexibility index (Phi) is 38.2. The van der Waals surface area contributed by atoms with Gasteiger partial charge in [-0.15, -0.1) is 69.6 Å². The fraction of sp³-hybridized carbons (Fsp3) is 0.0886. The molecular formula is C79H64Cl8Cu2F12N12P2. The maximum atomic E-state index is 9.87. The van der Waals surface area contributed by atoms with Crippen LogP contribution in [0.4, 0.5) is 50.4 Å². The maximum Gasteiger partial charge on any atom is 1.00 e. The van der Waals surface area contributed by atoms with Crippen LogP contribution in [0.25, 0.3) is 90.1 Å². The van der Waals surface area contributed by atoms with E-state index in [1.165, 1.54) is 13.8 Å². The first-order chi connectivity index (χ1) is 53.5. The number of nitrogens with zero attached hydrogens (tertiary/aromatic N) is 12. The Labute approximate surface area is 716 Å². The molecule has 0 fully saturated rings. The summed E-state index contributed by atoms with van der Waals surface area (Å²) in [6, 6.07) is 101. The van der Waals surface area contributed by atoms with Crippen LogP contribution in [0.2, 0.25) is 10.0 Å². The summed E-state index contributed by atoms with van der Waals surface area (Å²) in [7, 11) is -21.3. The Hall–Kier alpha value is -8.74. The van der Waals surface area contributed by atoms with E-state index in [9.17, 15) is 50.4 Å². The van der Waals surface area contributed by atoms with Crippen LogP contribution in [-0.4, -0.2) is 65.1 Å². The zero-order valence-electron chi connectivity index (χ0n) is 59.6. The van der Waals surface area contributed by atoms with E-state index in [1.807, 2.05) is 176 Å². The van der Waals surface area contributed by atoms with E-state index < -0.39 is 27.9 Å². The molecule has 14 rings (SSSR count). The molecule has 115 heavy (non-hydrogen) atoms. The summed E-state index contributed by atoms with van der Waals surface area (Å²) in [4.78, 5) is 9.64. The van der Waals surface area contributed by atoms with Crippen LogP contribution in [0.3, 0.4) is 0 Å². The van der Waals surface area contributed by atoms with Crippen molar-refractivity contribution in [2.75, 3.05) is 16.0 Å². The second-order valence-corrected chi connectivity index (χ2v) is 29.7. The fourth-order valence-corrected chi connectivity index (χ4v) is 10.8. The zero-order valence-corrected chi connectivity index (χ0v) is 69.3. The summed E-state index contributed by atoms with van der Waals surface area (Å²) < 4.78 is 126. The number of hydrogen-bond acceptors (Lipinski definition) is 8. The van der Waals surface area contributed by atoms with Gasteiger partial charge in [0.05, 0.1) is 85.1 Å². The molecule has 0 amide bonds. The van der Waals surface area contributed by atoms with Gasteiger partial charge < -0.3 is 0 Å². The zero-order chi connectivity index (χ0) is 83.0. The van der Waals surface area contributed by atoms with Gasteiger partial charge in [0.15, 0.2) is 12.3 Å². The number of rotatable bonds is 14. The third kappa shape index (κ3) is 34.9. The van der Waals surface area contributed by atoms with Crippen LogP contribution in [0.15, 0.2) is 304 Å². The van der Waals surface area contributed by atoms with Crippen molar-refractivity contribution in [2.45, 2.75) is 26.2 Å². The summed E-state index contributed by atoms with van der Waals surface area (Å²) in [6.45, 7) is 2.86. The van der Waals surface area contributed by atoms with E-state index in [4.69, 9.17) is 134 Å². The summed E-state index contributed by atoms with van der Waals surface area (Å²) in [5.41, 5.74) is 16.9. The minimum atomic E-state index is -10.7. The van der Waals surface area contributed by atoms with Gasteiger partial charge in [0.2, 0.25) is 0 Å². The van der Waals surface area contributed by atoms with Gasteiger partial charge >= 0.3 is 100 Å². The predicted octanol–water partition coefficient (Wildman–Crippen LogP) is 29.9. The standard InChI is InChI=1S/2C36H26ClN5.2C2H3N.3CH2Cl2.2Cu.2F6P/c2*37-30-21-22-38-33(23-30)36(41-34(28-17-9-3-10-18-28)24-31(39-41)26-13-5-1-6-14-26)42-35(29-19-11-4-12-20-29)25-32(40-42)27-15-7-2-8-16-27;2*1-2-3;3*2-1-3;;;2*1-7(2,3,4,5)6/h2*1-25,36H;2*1H3;3*1H2;;;;/q;;;;;;;2*+1;2*-1. The molecule has 0 spiro atoms. The van der Waals surface area contributed by atoms with Crippen molar-refractivity contribution < 1.29 is 84.5 Å². The molecule has 6 aromatic heterocycles. The Morgan fingerprint density at radius 2 is 0.443 bits per heavy atom. The molecule has 0 bridgehead atoms. The second kappa shape index (κ2) is 44.5. The number of benzene rings is 8. The van der Waals surface area contributed by atoms with Crippen molar-refractivity contribution in [1.82, 2.24) is 49.1 Å². The number of alkyl halides is 6. The van der Waals surface area contributed by atoms with Crippen LogP contribution < -0.4 is 0 Å². The molecule has 0 aliphatic heterocycles. The summed E-state index contributed by atoms with van der Waals surface area (Å²) >= 11 is 41.7. The van der Waals surface area contributed by atoms with Gasteiger partial charge in [-0.05, 0) is 70.8 Å². The topological polar surface area (TPSA) is 145 Å². The molecule has 6 heterocycles. The molecule has 0 atom stereocenters. The molecule has 36 heteroatoms. The summed E-state index contributed by atoms with van der Waals surface area (Å²) in [5, 5.41) is 37.3. The first kappa shape index (κ1) is 98.6. The van der Waals surface area contributed by atoms with E-state index in [0.29, 0.717) is 10.0 Å². The van der Waals surface area contributed by atoms with Gasteiger partial charge in [-0.25, -0.2) is 18.7 Å². The van der Waals surface area contributed by atoms with Gasteiger partial charge in [0.25, 0.3) is 0 Å². The number of pyridine rings is 2. The maximum absolute atomic E-state index is 10.7. The smallest absolute Gasteiger partial charge is 1.00 e. The SMILES string of the molecule is CC#N.CC#N.ClCCl.ClCCl.ClCCl.Clc1ccnc(C(n2nc(-c3ccccc3)cc2-c2ccccc2)n2nc(-c3ccccc3)cc2-c2ccccc2)c1.Clc1ccnc(C(n2nc(-c3ccccc3)cc2-c2ccccc2)n2nc(-c3ccccc3)cc2-c2ccccc2)c1.F[P-](F)(F)(F)(F)F.F[P-](F)(F)(F)(F)F.[Cu+].[Cu+]. The van der Waals surface area contributed by atoms with Crippen molar-refractivity contribution in [3.05, 3.63) is 325 Å². The van der Waals surface area contributed by atoms with Crippen molar-refractivity contribution in [3.63, 3.8) is 0 Å². The van der Waals surface area contributed by atoms with Gasteiger partial charge in [-0.1, -0.05) is 266 Å². The first-order valence-corrected chi connectivity index (χ1v) is 40.6. The molecule has 612 valence electrons. The molecule has 0 radical (unpaired) electrons. The molecule has 8 aromatic carbocycles. The summed E-state index contributed by atoms with van der Waals surface area (Å²) in [6.07, 6.45) is 2.39. The van der Waals surface area contributed by atoms with Crippen molar-refractivity contribution in [1.29, 1.82) is 10.5 Å². The molecule has 0 saturated carbocycles. The van der Waals surface area contributed by atoms with Crippen LogP contribution in [0.1, 0.15) is 37.6 Å². The molecule has 0 aliphatic rings. The molecule has 12 nitrogen and oxygen atoms in total. The number of halogens is 20. The van der Waals surface area contributed by atoms with Crippen LogP contribution in [-0.2, 0) is 34.1 Å².